The predicted molar refractivity (Wildman–Crippen MR) is 69.5 cm³/mol. The molecule has 1 aromatic carbocycles. The lowest BCUT2D eigenvalue weighted by Crippen LogP contribution is -2.14. The average molecular weight is 267 g/mol. The van der Waals surface area contributed by atoms with E-state index in [1.807, 2.05) is 0 Å². The summed E-state index contributed by atoms with van der Waals surface area (Å²) in [5.74, 6) is 5.27. The maximum Gasteiger partial charge on any atom is 0.293 e. The third kappa shape index (κ3) is 3.63. The Morgan fingerprint density at radius 2 is 2.42 bits per heavy atom. The van der Waals surface area contributed by atoms with Crippen LogP contribution in [0.1, 0.15) is 18.4 Å². The van der Waals surface area contributed by atoms with Gasteiger partial charge in [0.25, 0.3) is 5.69 Å². The molecule has 0 aromatic heterocycles. The van der Waals surface area contributed by atoms with Crippen LogP contribution < -0.4 is 11.3 Å². The molecule has 1 heterocycles. The highest BCUT2D eigenvalue weighted by Crippen LogP contribution is 2.24. The van der Waals surface area contributed by atoms with Gasteiger partial charge >= 0.3 is 0 Å². The number of nitro benzene ring substituents is 1. The standard InChI is InChI=1S/C12H17N3O4/c13-14-11-6-9(3-4-12(11)15(16)17)7-18-8-10-2-1-5-19-10/h3-4,6,10,14H,1-2,5,7-8,13H2. The number of nitro groups is 1. The van der Waals surface area contributed by atoms with Crippen LogP contribution in [0.5, 0.6) is 0 Å². The van der Waals surface area contributed by atoms with Crippen LogP contribution >= 0.6 is 0 Å². The van der Waals surface area contributed by atoms with Crippen LogP contribution in [0.3, 0.4) is 0 Å². The fourth-order valence-electron chi connectivity index (χ4n) is 2.03. The van der Waals surface area contributed by atoms with Crippen LogP contribution in [0.25, 0.3) is 0 Å². The molecule has 1 saturated heterocycles. The molecule has 19 heavy (non-hydrogen) atoms. The zero-order chi connectivity index (χ0) is 13.7. The Morgan fingerprint density at radius 1 is 1.58 bits per heavy atom. The Hall–Kier alpha value is -1.70. The Balaban J connectivity index is 1.91. The largest absolute Gasteiger partial charge is 0.376 e. The first-order chi connectivity index (χ1) is 9.20. The smallest absolute Gasteiger partial charge is 0.293 e. The first kappa shape index (κ1) is 13.7. The summed E-state index contributed by atoms with van der Waals surface area (Å²) in [7, 11) is 0. The molecule has 1 fully saturated rings. The third-order valence-corrected chi connectivity index (χ3v) is 3.01. The van der Waals surface area contributed by atoms with Gasteiger partial charge in [-0.3, -0.25) is 16.0 Å². The molecule has 0 amide bonds. The SMILES string of the molecule is NNc1cc(COCC2CCCO2)ccc1[N+](=O)[O-]. The van der Waals surface area contributed by atoms with Gasteiger partial charge < -0.3 is 14.9 Å². The summed E-state index contributed by atoms with van der Waals surface area (Å²) in [5, 5.41) is 10.7. The van der Waals surface area contributed by atoms with Crippen molar-refractivity contribution >= 4 is 11.4 Å². The number of nitrogen functional groups attached to an aromatic ring is 1. The van der Waals surface area contributed by atoms with E-state index in [1.54, 1.807) is 12.1 Å². The second kappa shape index (κ2) is 6.46. The third-order valence-electron chi connectivity index (χ3n) is 3.01. The van der Waals surface area contributed by atoms with E-state index in [-0.39, 0.29) is 17.5 Å². The second-order valence-electron chi connectivity index (χ2n) is 4.40. The van der Waals surface area contributed by atoms with E-state index in [1.165, 1.54) is 6.07 Å². The molecule has 1 atom stereocenters. The minimum Gasteiger partial charge on any atom is -0.376 e. The Labute approximate surface area is 110 Å². The van der Waals surface area contributed by atoms with E-state index >= 15 is 0 Å². The molecule has 7 nitrogen and oxygen atoms in total. The molecule has 0 saturated carbocycles. The molecule has 0 spiro atoms. The summed E-state index contributed by atoms with van der Waals surface area (Å²) in [5.41, 5.74) is 3.39. The number of benzene rings is 1. The lowest BCUT2D eigenvalue weighted by atomic mass is 10.2. The van der Waals surface area contributed by atoms with Gasteiger partial charge in [0.1, 0.15) is 5.69 Å². The predicted octanol–water partition coefficient (Wildman–Crippen LogP) is 1.58. The Kier molecular flexibility index (Phi) is 4.67. The number of rotatable bonds is 6. The van der Waals surface area contributed by atoms with Gasteiger partial charge in [-0.15, -0.1) is 0 Å². The highest BCUT2D eigenvalue weighted by Gasteiger charge is 2.16. The number of nitrogens with two attached hydrogens (primary N) is 1. The van der Waals surface area contributed by atoms with Crippen molar-refractivity contribution < 1.29 is 14.4 Å². The monoisotopic (exact) mass is 267 g/mol. The Bertz CT molecular complexity index is 447. The molecule has 7 heteroatoms. The highest BCUT2D eigenvalue weighted by atomic mass is 16.6. The molecular weight excluding hydrogens is 250 g/mol. The second-order valence-corrected chi connectivity index (χ2v) is 4.40. The van der Waals surface area contributed by atoms with Gasteiger partial charge in [-0.25, -0.2) is 0 Å². The Morgan fingerprint density at radius 3 is 3.05 bits per heavy atom. The molecule has 1 aromatic rings. The number of hydrazine groups is 1. The van der Waals surface area contributed by atoms with Gasteiger partial charge in [-0.2, -0.15) is 0 Å². The summed E-state index contributed by atoms with van der Waals surface area (Å²) in [6.07, 6.45) is 2.27. The lowest BCUT2D eigenvalue weighted by molar-refractivity contribution is -0.384. The topological polar surface area (TPSA) is 99.7 Å². The molecule has 1 aliphatic rings. The quantitative estimate of drug-likeness (QED) is 0.461. The molecule has 3 N–H and O–H groups in total. The van der Waals surface area contributed by atoms with Crippen LogP contribution in [-0.2, 0) is 16.1 Å². The summed E-state index contributed by atoms with van der Waals surface area (Å²) in [4.78, 5) is 10.3. The van der Waals surface area contributed by atoms with Gasteiger partial charge in [0.05, 0.1) is 24.2 Å². The molecule has 0 bridgehead atoms. The van der Waals surface area contributed by atoms with E-state index in [0.29, 0.717) is 13.2 Å². The zero-order valence-electron chi connectivity index (χ0n) is 10.5. The highest BCUT2D eigenvalue weighted by molar-refractivity contribution is 5.61. The fraction of sp³-hybridized carbons (Fsp3) is 0.500. The average Bonchev–Trinajstić information content (AvgIpc) is 2.91. The van der Waals surface area contributed by atoms with Crippen molar-refractivity contribution in [1.29, 1.82) is 0 Å². The summed E-state index contributed by atoms with van der Waals surface area (Å²) >= 11 is 0. The number of hydrogen-bond acceptors (Lipinski definition) is 6. The maximum absolute atomic E-state index is 10.7. The van der Waals surface area contributed by atoms with Crippen LogP contribution in [-0.4, -0.2) is 24.2 Å². The normalized spacial score (nSPS) is 18.5. The van der Waals surface area contributed by atoms with E-state index in [9.17, 15) is 10.1 Å². The molecule has 0 aliphatic carbocycles. The molecule has 104 valence electrons. The number of nitrogens with zero attached hydrogens (tertiary/aromatic N) is 1. The van der Waals surface area contributed by atoms with E-state index < -0.39 is 4.92 Å². The zero-order valence-corrected chi connectivity index (χ0v) is 10.5. The van der Waals surface area contributed by atoms with Gasteiger partial charge in [-0.05, 0) is 30.5 Å². The fourth-order valence-corrected chi connectivity index (χ4v) is 2.03. The number of hydrogen-bond donors (Lipinski definition) is 2. The van der Waals surface area contributed by atoms with Crippen molar-refractivity contribution in [2.45, 2.75) is 25.6 Å². The van der Waals surface area contributed by atoms with Crippen molar-refractivity contribution in [3.05, 3.63) is 33.9 Å². The van der Waals surface area contributed by atoms with Crippen LogP contribution in [0.2, 0.25) is 0 Å². The first-order valence-corrected chi connectivity index (χ1v) is 6.14. The molecule has 1 aliphatic heterocycles. The summed E-state index contributed by atoms with van der Waals surface area (Å²) in [6, 6.07) is 4.70. The maximum atomic E-state index is 10.7. The molecule has 2 rings (SSSR count). The number of anilines is 1. The van der Waals surface area contributed by atoms with Crippen molar-refractivity contribution in [2.75, 3.05) is 18.6 Å². The number of ether oxygens (including phenoxy) is 2. The minimum absolute atomic E-state index is 0.0506. The van der Waals surface area contributed by atoms with Gasteiger partial charge in [-0.1, -0.05) is 0 Å². The summed E-state index contributed by atoms with van der Waals surface area (Å²) < 4.78 is 11.0. The van der Waals surface area contributed by atoms with Crippen LogP contribution in [0.4, 0.5) is 11.4 Å². The van der Waals surface area contributed by atoms with E-state index in [0.717, 1.165) is 25.0 Å². The van der Waals surface area contributed by atoms with E-state index in [2.05, 4.69) is 5.43 Å². The van der Waals surface area contributed by atoms with Crippen LogP contribution in [0, 0.1) is 10.1 Å². The van der Waals surface area contributed by atoms with Gasteiger partial charge in [0.2, 0.25) is 0 Å². The van der Waals surface area contributed by atoms with Crippen molar-refractivity contribution in [1.82, 2.24) is 0 Å². The number of nitrogens with one attached hydrogen (secondary N) is 1. The van der Waals surface area contributed by atoms with E-state index in [4.69, 9.17) is 15.3 Å². The van der Waals surface area contributed by atoms with Gasteiger partial charge in [0.15, 0.2) is 0 Å². The minimum atomic E-state index is -0.480. The van der Waals surface area contributed by atoms with Crippen molar-refractivity contribution in [3.8, 4) is 0 Å². The van der Waals surface area contributed by atoms with Crippen molar-refractivity contribution in [3.63, 3.8) is 0 Å². The van der Waals surface area contributed by atoms with Gasteiger partial charge in [0, 0.05) is 12.7 Å². The van der Waals surface area contributed by atoms with Crippen molar-refractivity contribution in [2.24, 2.45) is 5.84 Å². The molecule has 1 unspecified atom stereocenters. The van der Waals surface area contributed by atoms with Crippen LogP contribution in [0.15, 0.2) is 18.2 Å². The molecule has 0 radical (unpaired) electrons. The lowest BCUT2D eigenvalue weighted by Gasteiger charge is -2.10. The molecular formula is C12H17N3O4. The first-order valence-electron chi connectivity index (χ1n) is 6.14. The summed E-state index contributed by atoms with van der Waals surface area (Å²) in [6.45, 7) is 1.72.